The number of nitrogens with zero attached hydrogens (tertiary/aromatic N) is 2. The zero-order valence-electron chi connectivity index (χ0n) is 22.2. The molecule has 2 aromatic rings. The van der Waals surface area contributed by atoms with Crippen molar-refractivity contribution in [1.29, 1.82) is 0 Å². The van der Waals surface area contributed by atoms with Crippen molar-refractivity contribution in [3.8, 4) is 5.75 Å². The van der Waals surface area contributed by atoms with Gasteiger partial charge in [-0.25, -0.2) is 8.42 Å². The first kappa shape index (κ1) is 29.2. The van der Waals surface area contributed by atoms with Crippen molar-refractivity contribution in [3.05, 3.63) is 59.2 Å². The van der Waals surface area contributed by atoms with Gasteiger partial charge in [-0.15, -0.1) is 0 Å². The monoisotopic (exact) mass is 517 g/mol. The van der Waals surface area contributed by atoms with E-state index in [9.17, 15) is 18.0 Å². The van der Waals surface area contributed by atoms with Crippen LogP contribution < -0.4 is 14.4 Å². The molecule has 0 aliphatic heterocycles. The smallest absolute Gasteiger partial charge is 0.244 e. The van der Waals surface area contributed by atoms with Crippen molar-refractivity contribution in [2.24, 2.45) is 0 Å². The zero-order chi connectivity index (χ0) is 26.9. The molecule has 0 radical (unpaired) electrons. The number of aryl methyl sites for hydroxylation is 2. The van der Waals surface area contributed by atoms with Crippen molar-refractivity contribution in [3.63, 3.8) is 0 Å². The van der Waals surface area contributed by atoms with E-state index in [1.807, 2.05) is 45.9 Å². The van der Waals surface area contributed by atoms with E-state index in [0.717, 1.165) is 40.1 Å². The van der Waals surface area contributed by atoms with Crippen LogP contribution in [0.3, 0.4) is 0 Å². The van der Waals surface area contributed by atoms with Gasteiger partial charge in [0.25, 0.3) is 0 Å². The molecule has 2 rings (SSSR count). The second kappa shape index (κ2) is 13.3. The second-order valence-corrected chi connectivity index (χ2v) is 11.0. The highest BCUT2D eigenvalue weighted by Gasteiger charge is 2.31. The van der Waals surface area contributed by atoms with E-state index in [2.05, 4.69) is 5.32 Å². The predicted molar refractivity (Wildman–Crippen MR) is 144 cm³/mol. The molecule has 0 saturated heterocycles. The lowest BCUT2D eigenvalue weighted by atomic mass is 10.1. The van der Waals surface area contributed by atoms with Gasteiger partial charge in [0, 0.05) is 13.1 Å². The Morgan fingerprint density at radius 2 is 1.72 bits per heavy atom. The average Bonchev–Trinajstić information content (AvgIpc) is 2.81. The summed E-state index contributed by atoms with van der Waals surface area (Å²) in [4.78, 5) is 28.3. The Hall–Kier alpha value is -3.07. The summed E-state index contributed by atoms with van der Waals surface area (Å²) in [5.41, 5.74) is 2.98. The molecule has 1 atom stereocenters. The summed E-state index contributed by atoms with van der Waals surface area (Å²) in [6.07, 6.45) is 3.23. The van der Waals surface area contributed by atoms with E-state index in [4.69, 9.17) is 4.74 Å². The van der Waals surface area contributed by atoms with Crippen molar-refractivity contribution in [1.82, 2.24) is 10.2 Å². The molecule has 1 N–H and O–H groups in total. The first-order valence-electron chi connectivity index (χ1n) is 12.3. The third-order valence-corrected chi connectivity index (χ3v) is 7.02. The van der Waals surface area contributed by atoms with Gasteiger partial charge in [-0.05, 0) is 67.6 Å². The van der Waals surface area contributed by atoms with Gasteiger partial charge in [0.1, 0.15) is 18.3 Å². The van der Waals surface area contributed by atoms with Gasteiger partial charge in [0.05, 0.1) is 19.1 Å². The zero-order valence-corrected chi connectivity index (χ0v) is 23.0. The first-order valence-corrected chi connectivity index (χ1v) is 14.1. The largest absolute Gasteiger partial charge is 0.497 e. The molecule has 0 heterocycles. The number of hydrogen-bond donors (Lipinski definition) is 1. The highest BCUT2D eigenvalue weighted by Crippen LogP contribution is 2.23. The van der Waals surface area contributed by atoms with E-state index >= 15 is 0 Å². The van der Waals surface area contributed by atoms with Gasteiger partial charge in [-0.1, -0.05) is 38.5 Å². The molecule has 8 nitrogen and oxygen atoms in total. The molecule has 198 valence electrons. The van der Waals surface area contributed by atoms with Gasteiger partial charge in [0.15, 0.2) is 0 Å². The summed E-state index contributed by atoms with van der Waals surface area (Å²) >= 11 is 0. The fourth-order valence-electron chi connectivity index (χ4n) is 4.10. The Bertz CT molecular complexity index is 1130. The minimum Gasteiger partial charge on any atom is -0.497 e. The van der Waals surface area contributed by atoms with E-state index in [1.54, 1.807) is 31.4 Å². The summed E-state index contributed by atoms with van der Waals surface area (Å²) in [5.74, 6) is -0.0762. The lowest BCUT2D eigenvalue weighted by molar-refractivity contribution is -0.140. The standard InChI is InChI=1S/C27H39N3O5S/c1-7-9-13-28-27(32)25(8-2)29(18-22-11-10-12-24(17-22)35-5)26(31)19-30(36(6,33)34)23-15-20(3)14-21(4)16-23/h10-12,14-17,25H,7-9,13,18-19H2,1-6H3,(H,28,32)/t25-/m0/s1. The molecule has 0 aliphatic carbocycles. The normalized spacial score (nSPS) is 12.1. The number of benzene rings is 2. The number of sulfonamides is 1. The first-order chi connectivity index (χ1) is 17.0. The third-order valence-electron chi connectivity index (χ3n) is 5.88. The molecule has 0 fully saturated rings. The number of carbonyl (C=O) groups excluding carboxylic acids is 2. The molecule has 2 amide bonds. The SMILES string of the molecule is CCCCNC(=O)[C@H](CC)N(Cc1cccc(OC)c1)C(=O)CN(c1cc(C)cc(C)c1)S(C)(=O)=O. The van der Waals surface area contributed by atoms with Gasteiger partial charge in [-0.3, -0.25) is 13.9 Å². The minimum absolute atomic E-state index is 0.139. The van der Waals surface area contributed by atoms with E-state index in [-0.39, 0.29) is 12.5 Å². The number of carbonyl (C=O) groups is 2. The molecule has 0 aromatic heterocycles. The molecule has 9 heteroatoms. The van der Waals surface area contributed by atoms with Crippen LogP contribution in [0.25, 0.3) is 0 Å². The van der Waals surface area contributed by atoms with Crippen LogP contribution in [0.5, 0.6) is 5.75 Å². The molecule has 36 heavy (non-hydrogen) atoms. The van der Waals surface area contributed by atoms with Crippen LogP contribution in [0.4, 0.5) is 5.69 Å². The molecule has 0 spiro atoms. The fourth-order valence-corrected chi connectivity index (χ4v) is 4.93. The third kappa shape index (κ3) is 8.26. The topological polar surface area (TPSA) is 96.0 Å². The maximum Gasteiger partial charge on any atom is 0.244 e. The number of methoxy groups -OCH3 is 1. The molecule has 0 saturated carbocycles. The van der Waals surface area contributed by atoms with Crippen LogP contribution in [0.1, 0.15) is 49.8 Å². The maximum absolute atomic E-state index is 13.7. The van der Waals surface area contributed by atoms with E-state index in [0.29, 0.717) is 24.4 Å². The van der Waals surface area contributed by atoms with Gasteiger partial charge in [0.2, 0.25) is 21.8 Å². The summed E-state index contributed by atoms with van der Waals surface area (Å²) in [6, 6.07) is 11.9. The summed E-state index contributed by atoms with van der Waals surface area (Å²) in [7, 11) is -2.21. The van der Waals surface area contributed by atoms with Crippen LogP contribution in [-0.2, 0) is 26.2 Å². The highest BCUT2D eigenvalue weighted by atomic mass is 32.2. The second-order valence-electron chi connectivity index (χ2n) is 9.06. The number of nitrogens with one attached hydrogen (secondary N) is 1. The van der Waals surface area contributed by atoms with Gasteiger partial charge >= 0.3 is 0 Å². The number of ether oxygens (including phenoxy) is 1. The van der Waals surface area contributed by atoms with Crippen molar-refractivity contribution in [2.75, 3.05) is 30.8 Å². The van der Waals surface area contributed by atoms with Crippen LogP contribution in [-0.4, -0.2) is 57.6 Å². The number of hydrogen-bond acceptors (Lipinski definition) is 5. The number of unbranched alkanes of at least 4 members (excludes halogenated alkanes) is 1. The highest BCUT2D eigenvalue weighted by molar-refractivity contribution is 7.92. The van der Waals surface area contributed by atoms with Crippen LogP contribution >= 0.6 is 0 Å². The molecule has 0 aliphatic rings. The molecule has 0 bridgehead atoms. The van der Waals surface area contributed by atoms with Gasteiger partial charge < -0.3 is 15.0 Å². The van der Waals surface area contributed by atoms with Crippen LogP contribution in [0, 0.1) is 13.8 Å². The van der Waals surface area contributed by atoms with Crippen molar-refractivity contribution >= 4 is 27.5 Å². The molecule has 0 unspecified atom stereocenters. The summed E-state index contributed by atoms with van der Waals surface area (Å²) in [5, 5.41) is 2.92. The Morgan fingerprint density at radius 1 is 1.06 bits per heavy atom. The Labute approximate surface area is 215 Å². The predicted octanol–water partition coefficient (Wildman–Crippen LogP) is 3.80. The molecular weight excluding hydrogens is 478 g/mol. The number of anilines is 1. The number of amides is 2. The lowest BCUT2D eigenvalue weighted by Gasteiger charge is -2.33. The van der Waals surface area contributed by atoms with Gasteiger partial charge in [-0.2, -0.15) is 0 Å². The van der Waals surface area contributed by atoms with Crippen molar-refractivity contribution in [2.45, 2.75) is 59.5 Å². The minimum atomic E-state index is -3.77. The quantitative estimate of drug-likeness (QED) is 0.408. The average molecular weight is 518 g/mol. The van der Waals surface area contributed by atoms with E-state index in [1.165, 1.54) is 4.90 Å². The summed E-state index contributed by atoms with van der Waals surface area (Å²) < 4.78 is 31.9. The summed E-state index contributed by atoms with van der Waals surface area (Å²) in [6.45, 7) is 7.88. The molecular formula is C27H39N3O5S. The Morgan fingerprint density at radius 3 is 2.28 bits per heavy atom. The fraction of sp³-hybridized carbons (Fsp3) is 0.481. The number of rotatable bonds is 13. The van der Waals surface area contributed by atoms with Crippen LogP contribution in [0.15, 0.2) is 42.5 Å². The Balaban J connectivity index is 2.45. The van der Waals surface area contributed by atoms with E-state index < -0.39 is 28.5 Å². The van der Waals surface area contributed by atoms with Crippen molar-refractivity contribution < 1.29 is 22.7 Å². The lowest BCUT2D eigenvalue weighted by Crippen LogP contribution is -2.52. The molecule has 2 aromatic carbocycles. The van der Waals surface area contributed by atoms with Crippen LogP contribution in [0.2, 0.25) is 0 Å². The maximum atomic E-state index is 13.7. The Kier molecular flexibility index (Phi) is 10.8.